The van der Waals surface area contributed by atoms with Crippen LogP contribution < -0.4 is 51.4 Å². The van der Waals surface area contributed by atoms with E-state index in [1.807, 2.05) is 0 Å². The Morgan fingerprint density at radius 3 is 1.38 bits per heavy atom. The first-order valence-electron chi connectivity index (χ1n) is 9.58. The molecule has 0 aromatic heterocycles. The zero-order valence-corrected chi connectivity index (χ0v) is 19.9. The van der Waals surface area contributed by atoms with E-state index in [2.05, 4.69) is 0 Å². The zero-order valence-electron chi connectivity index (χ0n) is 16.0. The third-order valence-corrected chi connectivity index (χ3v) is 5.93. The Morgan fingerprint density at radius 2 is 1.08 bits per heavy atom. The molecule has 1 N–H and O–H groups in total. The molecule has 0 aromatic carbocycles. The molecule has 0 rings (SSSR count). The van der Waals surface area contributed by atoms with Gasteiger partial charge in [-0.15, -0.1) is 0 Å². The van der Waals surface area contributed by atoms with Crippen molar-refractivity contribution in [1.29, 1.82) is 0 Å². The van der Waals surface area contributed by atoms with Crippen molar-refractivity contribution < 1.29 is 69.5 Å². The van der Waals surface area contributed by atoms with E-state index in [0.717, 1.165) is 32.1 Å². The minimum absolute atomic E-state index is 0. The van der Waals surface area contributed by atoms with Crippen LogP contribution in [0.4, 0.5) is 0 Å². The Morgan fingerprint density at radius 1 is 0.750 bits per heavy atom. The van der Waals surface area contributed by atoms with Crippen LogP contribution in [-0.2, 0) is 10.1 Å². The molecule has 4 nitrogen and oxygen atoms in total. The Labute approximate surface area is 192 Å². The van der Waals surface area contributed by atoms with Crippen LogP contribution >= 0.6 is 0 Å². The normalized spacial score (nSPS) is 12.8. The van der Waals surface area contributed by atoms with Crippen molar-refractivity contribution in [2.45, 2.75) is 108 Å². The standard InChI is InChI=1S/C18H38O4S.K/c1-2-18(23(20,21)22)16-14-12-10-8-6-4-3-5-7-9-11-13-15-17-19;/h18-19H,2-17H2,1H3,(H,20,21,22);/q;+1/p-1. The number of hydrogen-bond acceptors (Lipinski definition) is 4. The molecule has 0 saturated heterocycles. The summed E-state index contributed by atoms with van der Waals surface area (Å²) in [6.45, 7) is 2.10. The first-order chi connectivity index (χ1) is 11.0. The third kappa shape index (κ3) is 18.3. The van der Waals surface area contributed by atoms with E-state index in [-0.39, 0.29) is 51.4 Å². The van der Waals surface area contributed by atoms with E-state index in [4.69, 9.17) is 5.11 Å². The van der Waals surface area contributed by atoms with Crippen LogP contribution in [0, 0.1) is 0 Å². The van der Waals surface area contributed by atoms with Gasteiger partial charge in [-0.1, -0.05) is 84.0 Å². The van der Waals surface area contributed by atoms with Gasteiger partial charge in [-0.05, 0) is 19.3 Å². The van der Waals surface area contributed by atoms with Gasteiger partial charge in [0.25, 0.3) is 0 Å². The monoisotopic (exact) mass is 388 g/mol. The molecule has 1 unspecified atom stereocenters. The van der Waals surface area contributed by atoms with Gasteiger partial charge in [-0.3, -0.25) is 0 Å². The van der Waals surface area contributed by atoms with Crippen molar-refractivity contribution >= 4 is 10.1 Å². The first kappa shape index (κ1) is 27.7. The van der Waals surface area contributed by atoms with Gasteiger partial charge in [0.05, 0.1) is 10.1 Å². The molecule has 0 amide bonds. The van der Waals surface area contributed by atoms with E-state index >= 15 is 0 Å². The number of aliphatic hydroxyl groups is 1. The molecule has 140 valence electrons. The van der Waals surface area contributed by atoms with Crippen LogP contribution in [0.3, 0.4) is 0 Å². The molecule has 0 saturated carbocycles. The first-order valence-corrected chi connectivity index (χ1v) is 11.0. The molecule has 0 aromatic rings. The maximum atomic E-state index is 11.0. The van der Waals surface area contributed by atoms with Crippen molar-refractivity contribution in [3.05, 3.63) is 0 Å². The second kappa shape index (κ2) is 19.3. The second-order valence-electron chi connectivity index (χ2n) is 6.63. The SMILES string of the molecule is CCC(CCCCCCCCCCCCCCCO)S(=O)(=O)[O-].[K+]. The fraction of sp³-hybridized carbons (Fsp3) is 1.00. The molecule has 0 aliphatic rings. The van der Waals surface area contributed by atoms with Crippen LogP contribution in [-0.4, -0.2) is 29.9 Å². The third-order valence-electron chi connectivity index (χ3n) is 4.55. The van der Waals surface area contributed by atoms with Crippen molar-refractivity contribution in [2.24, 2.45) is 0 Å². The average Bonchev–Trinajstić information content (AvgIpc) is 2.50. The number of unbranched alkanes of at least 4 members (excludes halogenated alkanes) is 12. The van der Waals surface area contributed by atoms with E-state index in [1.165, 1.54) is 51.4 Å². The Balaban J connectivity index is 0. The van der Waals surface area contributed by atoms with Crippen molar-refractivity contribution in [1.82, 2.24) is 0 Å². The van der Waals surface area contributed by atoms with Crippen LogP contribution in [0.2, 0.25) is 0 Å². The van der Waals surface area contributed by atoms with Gasteiger partial charge >= 0.3 is 51.4 Å². The molecular weight excluding hydrogens is 351 g/mol. The predicted octanol–water partition coefficient (Wildman–Crippen LogP) is 1.77. The fourth-order valence-corrected chi connectivity index (χ4v) is 3.84. The van der Waals surface area contributed by atoms with Crippen LogP contribution in [0.5, 0.6) is 0 Å². The molecule has 0 spiro atoms. The molecule has 0 fully saturated rings. The van der Waals surface area contributed by atoms with Crippen LogP contribution in [0.1, 0.15) is 103 Å². The van der Waals surface area contributed by atoms with Crippen LogP contribution in [0.25, 0.3) is 0 Å². The molecule has 0 bridgehead atoms. The molecule has 0 heterocycles. The van der Waals surface area contributed by atoms with Gasteiger partial charge < -0.3 is 9.66 Å². The Bertz CT molecular complexity index is 347. The van der Waals surface area contributed by atoms with Crippen molar-refractivity contribution in [3.8, 4) is 0 Å². The summed E-state index contributed by atoms with van der Waals surface area (Å²) in [7, 11) is -4.10. The molecule has 6 heteroatoms. The van der Waals surface area contributed by atoms with Gasteiger partial charge in [-0.2, -0.15) is 0 Å². The van der Waals surface area contributed by atoms with Crippen molar-refractivity contribution in [3.63, 3.8) is 0 Å². The molecule has 1 atom stereocenters. The van der Waals surface area contributed by atoms with Gasteiger partial charge in [0.15, 0.2) is 0 Å². The maximum Gasteiger partial charge on any atom is 1.00 e. The summed E-state index contributed by atoms with van der Waals surface area (Å²) >= 11 is 0. The number of rotatable bonds is 17. The molecule has 0 aliphatic carbocycles. The summed E-state index contributed by atoms with van der Waals surface area (Å²) in [5.74, 6) is 0. The summed E-state index contributed by atoms with van der Waals surface area (Å²) in [6.07, 6.45) is 16.4. The minimum Gasteiger partial charge on any atom is -0.748 e. The summed E-state index contributed by atoms with van der Waals surface area (Å²) in [5.41, 5.74) is 0. The van der Waals surface area contributed by atoms with Gasteiger partial charge in [0.1, 0.15) is 0 Å². The summed E-state index contributed by atoms with van der Waals surface area (Å²) < 4.78 is 32.9. The maximum absolute atomic E-state index is 11.0. The smallest absolute Gasteiger partial charge is 0.748 e. The van der Waals surface area contributed by atoms with Gasteiger partial charge in [0, 0.05) is 11.9 Å². The summed E-state index contributed by atoms with van der Waals surface area (Å²) in [5, 5.41) is 8.00. The van der Waals surface area contributed by atoms with Crippen LogP contribution in [0.15, 0.2) is 0 Å². The number of hydrogen-bond donors (Lipinski definition) is 1. The topological polar surface area (TPSA) is 77.4 Å². The predicted molar refractivity (Wildman–Crippen MR) is 95.5 cm³/mol. The molecular formula is C18H37KO4S. The minimum atomic E-state index is -4.10. The van der Waals surface area contributed by atoms with E-state index in [9.17, 15) is 13.0 Å². The van der Waals surface area contributed by atoms with Gasteiger partial charge in [-0.25, -0.2) is 8.42 Å². The van der Waals surface area contributed by atoms with E-state index < -0.39 is 15.4 Å². The Kier molecular flexibility index (Phi) is 22.3. The Hall–Kier alpha value is 1.51. The molecule has 24 heavy (non-hydrogen) atoms. The quantitative estimate of drug-likeness (QED) is 0.234. The second-order valence-corrected chi connectivity index (χ2v) is 8.28. The number of aliphatic hydroxyl groups excluding tert-OH is 1. The average molecular weight is 389 g/mol. The molecule has 0 aliphatic heterocycles. The largest absolute Gasteiger partial charge is 1.00 e. The van der Waals surface area contributed by atoms with E-state index in [1.54, 1.807) is 6.92 Å². The summed E-state index contributed by atoms with van der Waals surface area (Å²) in [4.78, 5) is 0. The van der Waals surface area contributed by atoms with Gasteiger partial charge in [0.2, 0.25) is 0 Å². The molecule has 0 radical (unpaired) electrons. The van der Waals surface area contributed by atoms with E-state index in [0.29, 0.717) is 19.4 Å². The zero-order chi connectivity index (χ0) is 17.4. The fourth-order valence-electron chi connectivity index (χ4n) is 2.98. The summed E-state index contributed by atoms with van der Waals surface area (Å²) in [6, 6.07) is 0. The van der Waals surface area contributed by atoms with Crippen molar-refractivity contribution in [2.75, 3.05) is 6.61 Å².